The molecular weight excluding hydrogens is 194 g/mol. The van der Waals surface area contributed by atoms with Gasteiger partial charge in [0, 0.05) is 18.9 Å². The quantitative estimate of drug-likeness (QED) is 0.697. The Morgan fingerprint density at radius 1 is 1.67 bits per heavy atom. The number of hydrogen-bond acceptors (Lipinski definition) is 3. The molecule has 0 saturated heterocycles. The van der Waals surface area contributed by atoms with Crippen molar-refractivity contribution in [1.29, 1.82) is 0 Å². The first kappa shape index (κ1) is 11.7. The summed E-state index contributed by atoms with van der Waals surface area (Å²) in [5, 5.41) is 16.0. The van der Waals surface area contributed by atoms with Crippen LogP contribution < -0.4 is 5.32 Å². The highest BCUT2D eigenvalue weighted by Gasteiger charge is 2.15. The number of rotatable bonds is 7. The van der Waals surface area contributed by atoms with Gasteiger partial charge in [-0.2, -0.15) is 5.10 Å². The lowest BCUT2D eigenvalue weighted by molar-refractivity contribution is -0.139. The Balaban J connectivity index is 2.34. The van der Waals surface area contributed by atoms with Crippen molar-refractivity contribution < 1.29 is 9.90 Å². The third-order valence-electron chi connectivity index (χ3n) is 2.14. The predicted molar refractivity (Wildman–Crippen MR) is 56.6 cm³/mol. The van der Waals surface area contributed by atoms with Gasteiger partial charge in [0.05, 0.1) is 0 Å². The van der Waals surface area contributed by atoms with E-state index in [9.17, 15) is 4.79 Å². The molecule has 15 heavy (non-hydrogen) atoms. The molecule has 1 unspecified atom stereocenters. The van der Waals surface area contributed by atoms with Gasteiger partial charge in [0.15, 0.2) is 0 Å². The molecule has 0 aromatic carbocycles. The van der Waals surface area contributed by atoms with Crippen LogP contribution in [0.1, 0.15) is 19.8 Å². The molecule has 1 heterocycles. The Morgan fingerprint density at radius 2 is 2.47 bits per heavy atom. The SMILES string of the molecule is CCCNC(CCn1cccn1)C(=O)O. The molecule has 0 aliphatic heterocycles. The third kappa shape index (κ3) is 4.12. The van der Waals surface area contributed by atoms with Crippen molar-refractivity contribution in [2.24, 2.45) is 0 Å². The van der Waals surface area contributed by atoms with Gasteiger partial charge in [0.2, 0.25) is 0 Å². The maximum absolute atomic E-state index is 10.9. The second-order valence-corrected chi connectivity index (χ2v) is 3.40. The van der Waals surface area contributed by atoms with Crippen molar-refractivity contribution in [3.8, 4) is 0 Å². The third-order valence-corrected chi connectivity index (χ3v) is 2.14. The molecule has 0 spiro atoms. The van der Waals surface area contributed by atoms with Gasteiger partial charge in [-0.25, -0.2) is 0 Å². The Labute approximate surface area is 89.1 Å². The molecule has 0 saturated carbocycles. The standard InChI is InChI=1S/C10H17N3O2/c1-2-5-11-9(10(14)15)4-8-13-7-3-6-12-13/h3,6-7,9,11H,2,4-5,8H2,1H3,(H,14,15). The molecule has 0 radical (unpaired) electrons. The molecule has 1 rings (SSSR count). The van der Waals surface area contributed by atoms with E-state index < -0.39 is 12.0 Å². The summed E-state index contributed by atoms with van der Waals surface area (Å²) < 4.78 is 1.74. The van der Waals surface area contributed by atoms with Crippen LogP contribution in [0.5, 0.6) is 0 Å². The van der Waals surface area contributed by atoms with Crippen molar-refractivity contribution >= 4 is 5.97 Å². The number of aliphatic carboxylic acids is 1. The lowest BCUT2D eigenvalue weighted by Gasteiger charge is -2.13. The maximum atomic E-state index is 10.9. The van der Waals surface area contributed by atoms with E-state index in [1.165, 1.54) is 0 Å². The normalized spacial score (nSPS) is 12.6. The first-order valence-corrected chi connectivity index (χ1v) is 5.17. The van der Waals surface area contributed by atoms with Crippen molar-refractivity contribution in [3.05, 3.63) is 18.5 Å². The van der Waals surface area contributed by atoms with Crippen LogP contribution >= 0.6 is 0 Å². The number of nitrogens with one attached hydrogen (secondary N) is 1. The second kappa shape index (κ2) is 6.19. The number of carboxylic acids is 1. The summed E-state index contributed by atoms with van der Waals surface area (Å²) >= 11 is 0. The van der Waals surface area contributed by atoms with E-state index in [-0.39, 0.29) is 0 Å². The van der Waals surface area contributed by atoms with Crippen molar-refractivity contribution in [2.75, 3.05) is 6.54 Å². The molecule has 0 fully saturated rings. The smallest absolute Gasteiger partial charge is 0.320 e. The molecule has 1 aromatic rings. The largest absolute Gasteiger partial charge is 0.480 e. The highest BCUT2D eigenvalue weighted by Crippen LogP contribution is 1.97. The molecule has 1 aromatic heterocycles. The summed E-state index contributed by atoms with van der Waals surface area (Å²) in [6.45, 7) is 3.37. The minimum atomic E-state index is -0.796. The van der Waals surface area contributed by atoms with E-state index in [0.717, 1.165) is 13.0 Å². The molecule has 5 heteroatoms. The molecule has 0 aliphatic carbocycles. The molecular formula is C10H17N3O2. The van der Waals surface area contributed by atoms with Crippen LogP contribution in [0.4, 0.5) is 0 Å². The van der Waals surface area contributed by atoms with Crippen molar-refractivity contribution in [3.63, 3.8) is 0 Å². The first-order valence-electron chi connectivity index (χ1n) is 5.17. The Kier molecular flexibility index (Phi) is 4.83. The molecule has 2 N–H and O–H groups in total. The topological polar surface area (TPSA) is 67.2 Å². The van der Waals surface area contributed by atoms with E-state index in [2.05, 4.69) is 10.4 Å². The Bertz CT molecular complexity index is 285. The van der Waals surface area contributed by atoms with Crippen LogP contribution in [-0.2, 0) is 11.3 Å². The van der Waals surface area contributed by atoms with E-state index in [1.807, 2.05) is 19.2 Å². The lowest BCUT2D eigenvalue weighted by Crippen LogP contribution is -2.37. The molecule has 0 amide bonds. The van der Waals surface area contributed by atoms with E-state index in [0.29, 0.717) is 13.0 Å². The van der Waals surface area contributed by atoms with Crippen LogP contribution in [0.3, 0.4) is 0 Å². The van der Waals surface area contributed by atoms with Gasteiger partial charge in [0.1, 0.15) is 6.04 Å². The van der Waals surface area contributed by atoms with Crippen LogP contribution in [0, 0.1) is 0 Å². The minimum absolute atomic E-state index is 0.478. The minimum Gasteiger partial charge on any atom is -0.480 e. The summed E-state index contributed by atoms with van der Waals surface area (Å²) in [5.41, 5.74) is 0. The van der Waals surface area contributed by atoms with Gasteiger partial charge in [-0.15, -0.1) is 0 Å². The first-order chi connectivity index (χ1) is 7.24. The van der Waals surface area contributed by atoms with Gasteiger partial charge < -0.3 is 10.4 Å². The number of hydrogen-bond donors (Lipinski definition) is 2. The lowest BCUT2D eigenvalue weighted by atomic mass is 10.2. The highest BCUT2D eigenvalue weighted by molar-refractivity contribution is 5.73. The van der Waals surface area contributed by atoms with Crippen LogP contribution in [0.25, 0.3) is 0 Å². The highest BCUT2D eigenvalue weighted by atomic mass is 16.4. The summed E-state index contributed by atoms with van der Waals surface area (Å²) in [4.78, 5) is 10.9. The number of aryl methyl sites for hydroxylation is 1. The zero-order chi connectivity index (χ0) is 11.1. The number of carbonyl (C=O) groups is 1. The van der Waals surface area contributed by atoms with E-state index >= 15 is 0 Å². The van der Waals surface area contributed by atoms with Crippen molar-refractivity contribution in [2.45, 2.75) is 32.4 Å². The van der Waals surface area contributed by atoms with E-state index in [4.69, 9.17) is 5.11 Å². The zero-order valence-electron chi connectivity index (χ0n) is 8.89. The fourth-order valence-corrected chi connectivity index (χ4v) is 1.33. The van der Waals surface area contributed by atoms with Gasteiger partial charge >= 0.3 is 5.97 Å². The summed E-state index contributed by atoms with van der Waals surface area (Å²) in [7, 11) is 0. The average Bonchev–Trinajstić information content (AvgIpc) is 2.70. The van der Waals surface area contributed by atoms with Gasteiger partial charge in [-0.1, -0.05) is 6.92 Å². The second-order valence-electron chi connectivity index (χ2n) is 3.40. The maximum Gasteiger partial charge on any atom is 0.320 e. The molecule has 5 nitrogen and oxygen atoms in total. The average molecular weight is 211 g/mol. The Morgan fingerprint density at radius 3 is 3.00 bits per heavy atom. The molecule has 0 aliphatic rings. The van der Waals surface area contributed by atoms with Crippen molar-refractivity contribution in [1.82, 2.24) is 15.1 Å². The number of nitrogens with zero attached hydrogens (tertiary/aromatic N) is 2. The Hall–Kier alpha value is -1.36. The molecule has 0 bridgehead atoms. The van der Waals surface area contributed by atoms with Gasteiger partial charge in [-0.3, -0.25) is 9.48 Å². The van der Waals surface area contributed by atoms with Crippen LogP contribution in [0.15, 0.2) is 18.5 Å². The summed E-state index contributed by atoms with van der Waals surface area (Å²) in [5.74, 6) is -0.796. The predicted octanol–water partition coefficient (Wildman–Crippen LogP) is 0.726. The fourth-order valence-electron chi connectivity index (χ4n) is 1.33. The van der Waals surface area contributed by atoms with Gasteiger partial charge in [-0.05, 0) is 25.5 Å². The summed E-state index contributed by atoms with van der Waals surface area (Å²) in [6.07, 6.45) is 5.01. The summed E-state index contributed by atoms with van der Waals surface area (Å²) in [6, 6.07) is 1.35. The monoisotopic (exact) mass is 211 g/mol. The fraction of sp³-hybridized carbons (Fsp3) is 0.600. The molecule has 84 valence electrons. The van der Waals surface area contributed by atoms with Crippen LogP contribution in [-0.4, -0.2) is 33.4 Å². The number of aromatic nitrogens is 2. The van der Waals surface area contributed by atoms with Gasteiger partial charge in [0.25, 0.3) is 0 Å². The van der Waals surface area contributed by atoms with E-state index in [1.54, 1.807) is 10.9 Å². The number of carboxylic acid groups (broad SMARTS) is 1. The van der Waals surface area contributed by atoms with Crippen LogP contribution in [0.2, 0.25) is 0 Å². The molecule has 1 atom stereocenters. The zero-order valence-corrected chi connectivity index (χ0v) is 8.89.